The highest BCUT2D eigenvalue weighted by molar-refractivity contribution is 5.92. The molecular weight excluding hydrogens is 230 g/mol. The molecule has 0 unspecified atom stereocenters. The Morgan fingerprint density at radius 2 is 2.11 bits per heavy atom. The maximum absolute atomic E-state index is 11.7. The van der Waals surface area contributed by atoms with E-state index in [4.69, 9.17) is 14.7 Å². The van der Waals surface area contributed by atoms with Crippen molar-refractivity contribution in [1.82, 2.24) is 0 Å². The van der Waals surface area contributed by atoms with E-state index in [1.165, 1.54) is 7.11 Å². The second-order valence-electron chi connectivity index (χ2n) is 4.37. The minimum absolute atomic E-state index is 0.347. The van der Waals surface area contributed by atoms with Crippen molar-refractivity contribution in [2.24, 2.45) is 0 Å². The molecule has 0 N–H and O–H groups in total. The molecule has 0 heterocycles. The maximum atomic E-state index is 11.7. The van der Waals surface area contributed by atoms with Crippen LogP contribution in [-0.4, -0.2) is 19.7 Å². The molecule has 1 aromatic carbocycles. The molecule has 0 bridgehead atoms. The lowest BCUT2D eigenvalue weighted by Gasteiger charge is -2.18. The van der Waals surface area contributed by atoms with E-state index >= 15 is 0 Å². The molecule has 0 atom stereocenters. The van der Waals surface area contributed by atoms with Gasteiger partial charge in [-0.1, -0.05) is 6.07 Å². The topological polar surface area (TPSA) is 59.3 Å². The molecule has 18 heavy (non-hydrogen) atoms. The average molecular weight is 247 g/mol. The Hall–Kier alpha value is -2.02. The lowest BCUT2D eigenvalue weighted by molar-refractivity contribution is 0.0596. The van der Waals surface area contributed by atoms with Gasteiger partial charge in [0.1, 0.15) is 11.3 Å². The zero-order chi connectivity index (χ0) is 13.8. The fraction of sp³-hybridized carbons (Fsp3) is 0.429. The molecule has 0 fully saturated rings. The minimum atomic E-state index is -0.659. The number of benzene rings is 1. The smallest absolute Gasteiger partial charge is 0.341 e. The molecule has 4 nitrogen and oxygen atoms in total. The van der Waals surface area contributed by atoms with Crippen molar-refractivity contribution < 1.29 is 14.3 Å². The van der Waals surface area contributed by atoms with Crippen molar-refractivity contribution in [3.05, 3.63) is 29.3 Å². The summed E-state index contributed by atoms with van der Waals surface area (Å²) in [7, 11) is 1.32. The summed E-state index contributed by atoms with van der Waals surface area (Å²) in [5.41, 5.74) is 0.446. The van der Waals surface area contributed by atoms with Crippen molar-refractivity contribution in [1.29, 1.82) is 5.26 Å². The number of hydrogen-bond donors (Lipinski definition) is 0. The molecule has 96 valence electrons. The molecule has 1 rings (SSSR count). The van der Waals surface area contributed by atoms with Crippen LogP contribution in [0.5, 0.6) is 5.75 Å². The Morgan fingerprint density at radius 1 is 1.44 bits per heavy atom. The molecular formula is C14H17NO3. The van der Waals surface area contributed by atoms with Crippen LogP contribution in [0.4, 0.5) is 0 Å². The fourth-order valence-electron chi connectivity index (χ4n) is 1.53. The minimum Gasteiger partial charge on any atom is -0.493 e. The van der Waals surface area contributed by atoms with Crippen molar-refractivity contribution in [3.63, 3.8) is 0 Å². The molecule has 0 spiro atoms. The standard InChI is InChI=1S/C14H17NO3/c1-5-18-12-7-6-10(14(2,3)9-15)8-11(12)13(16)17-4/h6-8H,5H2,1-4H3. The number of hydrogen-bond acceptors (Lipinski definition) is 4. The predicted molar refractivity (Wildman–Crippen MR) is 67.6 cm³/mol. The number of nitriles is 1. The lowest BCUT2D eigenvalue weighted by atomic mass is 9.85. The van der Waals surface area contributed by atoms with Crippen molar-refractivity contribution in [3.8, 4) is 11.8 Å². The van der Waals surface area contributed by atoms with Crippen LogP contribution in [0.25, 0.3) is 0 Å². The van der Waals surface area contributed by atoms with Crippen LogP contribution in [0.15, 0.2) is 18.2 Å². The number of methoxy groups -OCH3 is 1. The second-order valence-corrected chi connectivity index (χ2v) is 4.37. The number of ether oxygens (including phenoxy) is 2. The van der Waals surface area contributed by atoms with E-state index in [1.807, 2.05) is 6.92 Å². The first-order valence-corrected chi connectivity index (χ1v) is 5.73. The van der Waals surface area contributed by atoms with Crippen LogP contribution in [0.2, 0.25) is 0 Å². The molecule has 1 aromatic rings. The Kier molecular flexibility index (Phi) is 4.33. The lowest BCUT2D eigenvalue weighted by Crippen LogP contribution is -2.16. The number of rotatable bonds is 4. The van der Waals surface area contributed by atoms with Gasteiger partial charge in [-0.15, -0.1) is 0 Å². The highest BCUT2D eigenvalue weighted by Crippen LogP contribution is 2.28. The number of carbonyl (C=O) groups is 1. The highest BCUT2D eigenvalue weighted by atomic mass is 16.5. The van der Waals surface area contributed by atoms with E-state index in [0.29, 0.717) is 17.9 Å². The summed E-state index contributed by atoms with van der Waals surface area (Å²) < 4.78 is 10.1. The molecule has 0 aliphatic carbocycles. The zero-order valence-corrected chi connectivity index (χ0v) is 11.1. The van der Waals surface area contributed by atoms with Crippen LogP contribution < -0.4 is 4.74 Å². The van der Waals surface area contributed by atoms with Gasteiger partial charge in [-0.2, -0.15) is 5.26 Å². The fourth-order valence-corrected chi connectivity index (χ4v) is 1.53. The van der Waals surface area contributed by atoms with E-state index < -0.39 is 11.4 Å². The van der Waals surface area contributed by atoms with E-state index in [1.54, 1.807) is 32.0 Å². The molecule has 0 amide bonds. The van der Waals surface area contributed by atoms with Crippen LogP contribution in [-0.2, 0) is 10.2 Å². The summed E-state index contributed by atoms with van der Waals surface area (Å²) in [6, 6.07) is 7.34. The van der Waals surface area contributed by atoms with Gasteiger partial charge in [-0.25, -0.2) is 4.79 Å². The summed E-state index contributed by atoms with van der Waals surface area (Å²) in [4.78, 5) is 11.7. The van der Waals surface area contributed by atoms with Gasteiger partial charge in [0.05, 0.1) is 25.2 Å². The molecule has 0 aliphatic rings. The quantitative estimate of drug-likeness (QED) is 0.767. The maximum Gasteiger partial charge on any atom is 0.341 e. The number of carbonyl (C=O) groups excluding carboxylic acids is 1. The van der Waals surface area contributed by atoms with Gasteiger partial charge < -0.3 is 9.47 Å². The Bertz CT molecular complexity index is 486. The largest absolute Gasteiger partial charge is 0.493 e. The SMILES string of the molecule is CCOc1ccc(C(C)(C)C#N)cc1C(=O)OC. The first-order chi connectivity index (χ1) is 8.46. The second kappa shape index (κ2) is 5.54. The molecule has 0 saturated carbocycles. The van der Waals surface area contributed by atoms with Crippen LogP contribution >= 0.6 is 0 Å². The van der Waals surface area contributed by atoms with Gasteiger partial charge in [0.2, 0.25) is 0 Å². The van der Waals surface area contributed by atoms with Gasteiger partial charge in [-0.3, -0.25) is 0 Å². The number of nitrogens with zero attached hydrogens (tertiary/aromatic N) is 1. The monoisotopic (exact) mass is 247 g/mol. The van der Waals surface area contributed by atoms with E-state index in [9.17, 15) is 4.79 Å². The van der Waals surface area contributed by atoms with Crippen LogP contribution in [0.1, 0.15) is 36.7 Å². The first kappa shape index (κ1) is 14.0. The van der Waals surface area contributed by atoms with Gasteiger partial charge in [0.25, 0.3) is 0 Å². The summed E-state index contributed by atoms with van der Waals surface area (Å²) in [6.07, 6.45) is 0. The molecule has 4 heteroatoms. The third-order valence-electron chi connectivity index (χ3n) is 2.69. The normalized spacial score (nSPS) is 10.6. The summed E-state index contributed by atoms with van der Waals surface area (Å²) in [5.74, 6) is 0.0101. The average Bonchev–Trinajstić information content (AvgIpc) is 2.38. The van der Waals surface area contributed by atoms with E-state index in [2.05, 4.69) is 6.07 Å². The Balaban J connectivity index is 3.30. The van der Waals surface area contributed by atoms with E-state index in [0.717, 1.165) is 5.56 Å². The molecule has 0 aromatic heterocycles. The van der Waals surface area contributed by atoms with Gasteiger partial charge >= 0.3 is 5.97 Å². The van der Waals surface area contributed by atoms with Gasteiger partial charge in [0.15, 0.2) is 0 Å². The highest BCUT2D eigenvalue weighted by Gasteiger charge is 2.23. The summed E-state index contributed by atoms with van der Waals surface area (Å²) in [5, 5.41) is 9.11. The summed E-state index contributed by atoms with van der Waals surface area (Å²) in [6.45, 7) is 5.90. The van der Waals surface area contributed by atoms with E-state index in [-0.39, 0.29) is 0 Å². The van der Waals surface area contributed by atoms with Gasteiger partial charge in [0, 0.05) is 0 Å². The van der Waals surface area contributed by atoms with Crippen LogP contribution in [0, 0.1) is 11.3 Å². The van der Waals surface area contributed by atoms with Gasteiger partial charge in [-0.05, 0) is 38.5 Å². The first-order valence-electron chi connectivity index (χ1n) is 5.73. The van der Waals surface area contributed by atoms with Crippen molar-refractivity contribution in [2.45, 2.75) is 26.2 Å². The zero-order valence-electron chi connectivity index (χ0n) is 11.1. The predicted octanol–water partition coefficient (Wildman–Crippen LogP) is 2.67. The Labute approximate surface area is 107 Å². The molecule has 0 radical (unpaired) electrons. The number of esters is 1. The van der Waals surface area contributed by atoms with Crippen molar-refractivity contribution in [2.75, 3.05) is 13.7 Å². The third-order valence-corrected chi connectivity index (χ3v) is 2.69. The molecule has 0 saturated heterocycles. The summed E-state index contributed by atoms with van der Waals surface area (Å²) >= 11 is 0. The molecule has 0 aliphatic heterocycles. The van der Waals surface area contributed by atoms with Crippen LogP contribution in [0.3, 0.4) is 0 Å². The third kappa shape index (κ3) is 2.80. The van der Waals surface area contributed by atoms with Crippen molar-refractivity contribution >= 4 is 5.97 Å². The Morgan fingerprint density at radius 3 is 2.61 bits per heavy atom.